The number of nitrogens with one attached hydrogen (secondary N) is 1. The largest absolute Gasteiger partial charge is 0.339 e. The molecule has 0 unspecified atom stereocenters. The summed E-state index contributed by atoms with van der Waals surface area (Å²) in [6, 6.07) is 7.17. The Morgan fingerprint density at radius 2 is 1.96 bits per heavy atom. The fourth-order valence-electron chi connectivity index (χ4n) is 3.26. The van der Waals surface area contributed by atoms with Crippen molar-refractivity contribution < 1.29 is 14.4 Å². The second-order valence-corrected chi connectivity index (χ2v) is 6.92. The van der Waals surface area contributed by atoms with E-state index in [1.54, 1.807) is 36.9 Å². The van der Waals surface area contributed by atoms with Gasteiger partial charge in [0.25, 0.3) is 0 Å². The van der Waals surface area contributed by atoms with E-state index in [1.807, 2.05) is 17.9 Å². The maximum Gasteiger partial charge on any atom is 0.248 e. The Bertz CT molecular complexity index is 712. The first-order valence-electron chi connectivity index (χ1n) is 8.92. The van der Waals surface area contributed by atoms with Gasteiger partial charge in [0.1, 0.15) is 5.54 Å². The molecule has 6 heteroatoms. The summed E-state index contributed by atoms with van der Waals surface area (Å²) in [5.41, 5.74) is 0.426. The molecule has 1 aliphatic heterocycles. The van der Waals surface area contributed by atoms with Crippen molar-refractivity contribution in [2.75, 3.05) is 25.0 Å². The number of rotatable bonds is 6. The van der Waals surface area contributed by atoms with E-state index in [2.05, 4.69) is 11.9 Å². The van der Waals surface area contributed by atoms with E-state index >= 15 is 0 Å². The molecule has 0 bridgehead atoms. The Balaban J connectivity index is 2.17. The smallest absolute Gasteiger partial charge is 0.248 e. The van der Waals surface area contributed by atoms with Crippen molar-refractivity contribution in [1.29, 1.82) is 0 Å². The van der Waals surface area contributed by atoms with E-state index in [1.165, 1.54) is 6.08 Å². The molecule has 0 atom stereocenters. The molecule has 6 nitrogen and oxygen atoms in total. The maximum atomic E-state index is 12.9. The van der Waals surface area contributed by atoms with E-state index in [0.29, 0.717) is 30.9 Å². The van der Waals surface area contributed by atoms with Crippen molar-refractivity contribution in [3.05, 3.63) is 42.5 Å². The topological polar surface area (TPSA) is 69.7 Å². The second-order valence-electron chi connectivity index (χ2n) is 6.92. The van der Waals surface area contributed by atoms with Crippen molar-refractivity contribution in [2.24, 2.45) is 0 Å². The molecule has 0 radical (unpaired) electrons. The molecule has 1 heterocycles. The number of hydrogen-bond donors (Lipinski definition) is 1. The first-order chi connectivity index (χ1) is 12.3. The van der Waals surface area contributed by atoms with Gasteiger partial charge in [0, 0.05) is 25.3 Å². The molecular weight excluding hydrogens is 330 g/mol. The van der Waals surface area contributed by atoms with Crippen LogP contribution >= 0.6 is 0 Å². The van der Waals surface area contributed by atoms with Gasteiger partial charge in [0.05, 0.1) is 6.42 Å². The van der Waals surface area contributed by atoms with E-state index in [0.717, 1.165) is 6.42 Å². The van der Waals surface area contributed by atoms with E-state index < -0.39 is 5.54 Å². The van der Waals surface area contributed by atoms with Gasteiger partial charge in [-0.25, -0.2) is 0 Å². The van der Waals surface area contributed by atoms with Gasteiger partial charge in [-0.1, -0.05) is 31.7 Å². The third-order valence-electron chi connectivity index (χ3n) is 4.68. The number of hydrogen-bond acceptors (Lipinski definition) is 3. The van der Waals surface area contributed by atoms with Crippen LogP contribution in [0.5, 0.6) is 0 Å². The van der Waals surface area contributed by atoms with Crippen LogP contribution in [-0.2, 0) is 20.8 Å². The van der Waals surface area contributed by atoms with Crippen molar-refractivity contribution in [3.63, 3.8) is 0 Å². The molecule has 0 aliphatic carbocycles. The highest BCUT2D eigenvalue weighted by molar-refractivity contribution is 6.00. The van der Waals surface area contributed by atoms with E-state index in [4.69, 9.17) is 0 Å². The summed E-state index contributed by atoms with van der Waals surface area (Å²) >= 11 is 0. The van der Waals surface area contributed by atoms with Gasteiger partial charge < -0.3 is 15.1 Å². The molecule has 1 aromatic rings. The summed E-state index contributed by atoms with van der Waals surface area (Å²) in [5.74, 6) is -0.472. The standard InChI is InChI=1S/C20H27N3O3/c1-5-11-22-12-13-23(20(3,4)19(22)26)18(25)14-15-9-7-8-10-16(15)21-17(24)6-2/h6-10H,2,5,11-14H2,1,3-4H3,(H,21,24). The predicted octanol–water partition coefficient (Wildman–Crippen LogP) is 2.21. The highest BCUT2D eigenvalue weighted by Crippen LogP contribution is 2.25. The SMILES string of the molecule is C=CC(=O)Nc1ccccc1CC(=O)N1CCN(CCC)C(=O)C1(C)C. The molecule has 140 valence electrons. The number of anilines is 1. The summed E-state index contributed by atoms with van der Waals surface area (Å²) in [6.07, 6.45) is 2.21. The molecule has 1 aliphatic rings. The van der Waals surface area contributed by atoms with E-state index in [-0.39, 0.29) is 24.1 Å². The van der Waals surface area contributed by atoms with Crippen LogP contribution in [0.4, 0.5) is 5.69 Å². The number of benzene rings is 1. The molecule has 3 amide bonds. The molecule has 1 saturated heterocycles. The van der Waals surface area contributed by atoms with Crippen LogP contribution in [0, 0.1) is 0 Å². The summed E-state index contributed by atoms with van der Waals surface area (Å²) in [6.45, 7) is 10.8. The van der Waals surface area contributed by atoms with Crippen LogP contribution in [0.2, 0.25) is 0 Å². The highest BCUT2D eigenvalue weighted by atomic mass is 16.2. The highest BCUT2D eigenvalue weighted by Gasteiger charge is 2.43. The predicted molar refractivity (Wildman–Crippen MR) is 102 cm³/mol. The van der Waals surface area contributed by atoms with Gasteiger partial charge in [-0.05, 0) is 38.0 Å². The molecule has 2 rings (SSSR count). The maximum absolute atomic E-state index is 12.9. The molecule has 1 N–H and O–H groups in total. The summed E-state index contributed by atoms with van der Waals surface area (Å²) in [4.78, 5) is 40.7. The quantitative estimate of drug-likeness (QED) is 0.794. The number of amides is 3. The third kappa shape index (κ3) is 4.12. The van der Waals surface area contributed by atoms with Crippen LogP contribution in [0.25, 0.3) is 0 Å². The fourth-order valence-corrected chi connectivity index (χ4v) is 3.26. The van der Waals surface area contributed by atoms with Gasteiger partial charge in [-0.3, -0.25) is 14.4 Å². The Morgan fingerprint density at radius 1 is 1.27 bits per heavy atom. The van der Waals surface area contributed by atoms with Crippen LogP contribution in [-0.4, -0.2) is 52.7 Å². The summed E-state index contributed by atoms with van der Waals surface area (Å²) in [7, 11) is 0. The van der Waals surface area contributed by atoms with Crippen LogP contribution < -0.4 is 5.32 Å². The lowest BCUT2D eigenvalue weighted by Crippen LogP contribution is -2.64. The minimum atomic E-state index is -0.871. The second kappa shape index (κ2) is 8.17. The first-order valence-corrected chi connectivity index (χ1v) is 8.92. The Labute approximate surface area is 154 Å². The van der Waals surface area contributed by atoms with Gasteiger partial charge in [0.15, 0.2) is 0 Å². The van der Waals surface area contributed by atoms with Gasteiger partial charge >= 0.3 is 0 Å². The molecule has 0 saturated carbocycles. The zero-order valence-electron chi connectivity index (χ0n) is 15.7. The zero-order chi connectivity index (χ0) is 19.3. The van der Waals surface area contributed by atoms with Crippen molar-refractivity contribution >= 4 is 23.4 Å². The number of carbonyl (C=O) groups is 3. The zero-order valence-corrected chi connectivity index (χ0v) is 15.7. The van der Waals surface area contributed by atoms with Crippen LogP contribution in [0.3, 0.4) is 0 Å². The number of piperazine rings is 1. The summed E-state index contributed by atoms with van der Waals surface area (Å²) < 4.78 is 0. The lowest BCUT2D eigenvalue weighted by molar-refractivity contribution is -0.158. The van der Waals surface area contributed by atoms with Crippen molar-refractivity contribution in [2.45, 2.75) is 39.2 Å². The van der Waals surface area contributed by atoms with E-state index in [9.17, 15) is 14.4 Å². The lowest BCUT2D eigenvalue weighted by Gasteiger charge is -2.46. The fraction of sp³-hybridized carbons (Fsp3) is 0.450. The minimum Gasteiger partial charge on any atom is -0.339 e. The molecule has 26 heavy (non-hydrogen) atoms. The Kier molecular flexibility index (Phi) is 6.18. The Hall–Kier alpha value is -2.63. The first kappa shape index (κ1) is 19.7. The van der Waals surface area contributed by atoms with Gasteiger partial charge in [-0.2, -0.15) is 0 Å². The molecular formula is C20H27N3O3. The molecule has 1 fully saturated rings. The number of nitrogens with zero attached hydrogens (tertiary/aromatic N) is 2. The monoisotopic (exact) mass is 357 g/mol. The molecule has 0 spiro atoms. The van der Waals surface area contributed by atoms with Gasteiger partial charge in [0.2, 0.25) is 17.7 Å². The third-order valence-corrected chi connectivity index (χ3v) is 4.68. The minimum absolute atomic E-state index is 0.0211. The average molecular weight is 357 g/mol. The van der Waals surface area contributed by atoms with Crippen LogP contribution in [0.15, 0.2) is 36.9 Å². The number of carbonyl (C=O) groups excluding carboxylic acids is 3. The van der Waals surface area contributed by atoms with Crippen molar-refractivity contribution in [1.82, 2.24) is 9.80 Å². The van der Waals surface area contributed by atoms with Crippen molar-refractivity contribution in [3.8, 4) is 0 Å². The Morgan fingerprint density at radius 3 is 2.62 bits per heavy atom. The lowest BCUT2D eigenvalue weighted by atomic mass is 9.95. The number of para-hydroxylation sites is 1. The average Bonchev–Trinajstić information content (AvgIpc) is 2.60. The summed E-state index contributed by atoms with van der Waals surface area (Å²) in [5, 5.41) is 2.72. The van der Waals surface area contributed by atoms with Crippen LogP contribution in [0.1, 0.15) is 32.8 Å². The normalized spacial score (nSPS) is 16.3. The molecule has 1 aromatic carbocycles. The van der Waals surface area contributed by atoms with Gasteiger partial charge in [-0.15, -0.1) is 0 Å². The molecule has 0 aromatic heterocycles.